The number of nitrogens with zero attached hydrogens (tertiary/aromatic N) is 2. The molecule has 6 nitrogen and oxygen atoms in total. The number of carbonyl (C=O) groups excluding carboxylic acids is 1. The molecule has 20 heavy (non-hydrogen) atoms. The van der Waals surface area contributed by atoms with Gasteiger partial charge in [0.15, 0.2) is 5.82 Å². The van der Waals surface area contributed by atoms with Crippen molar-refractivity contribution in [1.82, 2.24) is 4.98 Å². The van der Waals surface area contributed by atoms with Gasteiger partial charge in [0.1, 0.15) is 0 Å². The van der Waals surface area contributed by atoms with E-state index in [-0.39, 0.29) is 6.10 Å². The number of carbonyl (C=O) groups is 1. The molecule has 2 unspecified atom stereocenters. The van der Waals surface area contributed by atoms with Crippen molar-refractivity contribution in [2.24, 2.45) is 5.92 Å². The van der Waals surface area contributed by atoms with Crippen LogP contribution < -0.4 is 10.6 Å². The first kappa shape index (κ1) is 14.6. The van der Waals surface area contributed by atoms with Gasteiger partial charge in [0.2, 0.25) is 0 Å². The van der Waals surface area contributed by atoms with Crippen molar-refractivity contribution in [3.05, 3.63) is 17.8 Å². The second kappa shape index (κ2) is 6.09. The number of ether oxygens (including phenoxy) is 2. The minimum atomic E-state index is -0.445. The van der Waals surface area contributed by atoms with Gasteiger partial charge in [-0.05, 0) is 18.4 Å². The fourth-order valence-electron chi connectivity index (χ4n) is 2.54. The van der Waals surface area contributed by atoms with Crippen molar-refractivity contribution in [2.75, 3.05) is 37.9 Å². The number of piperidine rings is 1. The van der Waals surface area contributed by atoms with Gasteiger partial charge in [0, 0.05) is 26.4 Å². The highest BCUT2D eigenvalue weighted by Gasteiger charge is 2.28. The van der Waals surface area contributed by atoms with Gasteiger partial charge in [-0.25, -0.2) is 9.78 Å². The van der Waals surface area contributed by atoms with E-state index >= 15 is 0 Å². The average molecular weight is 279 g/mol. The van der Waals surface area contributed by atoms with Crippen LogP contribution in [0, 0.1) is 5.92 Å². The lowest BCUT2D eigenvalue weighted by atomic mass is 9.95. The van der Waals surface area contributed by atoms with Gasteiger partial charge in [0.05, 0.1) is 24.5 Å². The summed E-state index contributed by atoms with van der Waals surface area (Å²) < 4.78 is 10.2. The van der Waals surface area contributed by atoms with E-state index in [1.807, 2.05) is 0 Å². The summed E-state index contributed by atoms with van der Waals surface area (Å²) >= 11 is 0. The Bertz CT molecular complexity index is 493. The van der Waals surface area contributed by atoms with Gasteiger partial charge in [-0.1, -0.05) is 6.92 Å². The summed E-state index contributed by atoms with van der Waals surface area (Å²) in [7, 11) is 3.05. The van der Waals surface area contributed by atoms with Gasteiger partial charge in [-0.15, -0.1) is 0 Å². The van der Waals surface area contributed by atoms with E-state index in [1.54, 1.807) is 19.4 Å². The van der Waals surface area contributed by atoms with Crippen LogP contribution in [0.2, 0.25) is 0 Å². The van der Waals surface area contributed by atoms with E-state index in [4.69, 9.17) is 15.2 Å². The number of aromatic nitrogens is 1. The number of anilines is 2. The first-order chi connectivity index (χ1) is 9.58. The maximum absolute atomic E-state index is 11.7. The third kappa shape index (κ3) is 2.70. The number of nitrogens with two attached hydrogens (primary N) is 1. The van der Waals surface area contributed by atoms with E-state index in [1.165, 1.54) is 7.11 Å². The lowest BCUT2D eigenvalue weighted by Crippen LogP contribution is -2.44. The van der Waals surface area contributed by atoms with Gasteiger partial charge < -0.3 is 20.1 Å². The maximum atomic E-state index is 11.7. The Morgan fingerprint density at radius 2 is 2.25 bits per heavy atom. The molecule has 0 amide bonds. The lowest BCUT2D eigenvalue weighted by Gasteiger charge is -2.37. The Kier molecular flexibility index (Phi) is 4.44. The predicted octanol–water partition coefficient (Wildman–Crippen LogP) is 1.31. The van der Waals surface area contributed by atoms with Crippen molar-refractivity contribution >= 4 is 17.5 Å². The van der Waals surface area contributed by atoms with Crippen LogP contribution in [-0.2, 0) is 9.47 Å². The van der Waals surface area contributed by atoms with Crippen molar-refractivity contribution < 1.29 is 14.3 Å². The third-order valence-electron chi connectivity index (χ3n) is 3.87. The molecule has 0 aromatic carbocycles. The van der Waals surface area contributed by atoms with E-state index in [0.29, 0.717) is 23.0 Å². The number of hydrogen-bond donors (Lipinski definition) is 1. The van der Waals surface area contributed by atoms with Crippen molar-refractivity contribution in [2.45, 2.75) is 19.4 Å². The summed E-state index contributed by atoms with van der Waals surface area (Å²) in [6.45, 7) is 3.75. The van der Waals surface area contributed by atoms with Crippen LogP contribution in [0.15, 0.2) is 12.3 Å². The van der Waals surface area contributed by atoms with Crippen LogP contribution in [0.3, 0.4) is 0 Å². The number of methoxy groups -OCH3 is 2. The molecule has 1 saturated heterocycles. The molecule has 1 aromatic rings. The second-order valence-corrected chi connectivity index (χ2v) is 5.07. The fourth-order valence-corrected chi connectivity index (χ4v) is 2.54. The summed E-state index contributed by atoms with van der Waals surface area (Å²) in [5.41, 5.74) is 6.78. The Labute approximate surface area is 118 Å². The summed E-state index contributed by atoms with van der Waals surface area (Å²) in [5, 5.41) is 0. The molecule has 1 fully saturated rings. The Morgan fingerprint density at radius 3 is 2.90 bits per heavy atom. The van der Waals surface area contributed by atoms with Crippen LogP contribution in [0.5, 0.6) is 0 Å². The van der Waals surface area contributed by atoms with Crippen LogP contribution in [0.1, 0.15) is 23.7 Å². The molecule has 110 valence electrons. The molecule has 2 N–H and O–H groups in total. The van der Waals surface area contributed by atoms with Crippen LogP contribution in [-0.4, -0.2) is 44.4 Å². The topological polar surface area (TPSA) is 77.7 Å². The molecule has 2 rings (SSSR count). The van der Waals surface area contributed by atoms with Crippen molar-refractivity contribution in [1.29, 1.82) is 0 Å². The zero-order valence-corrected chi connectivity index (χ0v) is 12.1. The molecule has 1 aliphatic heterocycles. The maximum Gasteiger partial charge on any atom is 0.340 e. The zero-order chi connectivity index (χ0) is 14.7. The van der Waals surface area contributed by atoms with Crippen LogP contribution in [0.25, 0.3) is 0 Å². The highest BCUT2D eigenvalue weighted by atomic mass is 16.5. The minimum absolute atomic E-state index is 0.145. The van der Waals surface area contributed by atoms with E-state index in [2.05, 4.69) is 16.8 Å². The van der Waals surface area contributed by atoms with Gasteiger partial charge in [-0.2, -0.15) is 0 Å². The second-order valence-electron chi connectivity index (χ2n) is 5.07. The number of rotatable bonds is 3. The standard InChI is InChI=1S/C14H21N3O3/c1-9-5-7-17(8-11(9)19-2)13-12(15)10(4-6-16-13)14(18)20-3/h4,6,9,11H,5,7-8,15H2,1-3H3. The van der Waals surface area contributed by atoms with E-state index in [0.717, 1.165) is 19.5 Å². The van der Waals surface area contributed by atoms with Gasteiger partial charge in [0.25, 0.3) is 0 Å². The molecule has 6 heteroatoms. The predicted molar refractivity (Wildman–Crippen MR) is 76.8 cm³/mol. The average Bonchev–Trinajstić information content (AvgIpc) is 2.47. The summed E-state index contributed by atoms with van der Waals surface area (Å²) in [5.74, 6) is 0.683. The number of hydrogen-bond acceptors (Lipinski definition) is 6. The van der Waals surface area contributed by atoms with Gasteiger partial charge in [-0.3, -0.25) is 0 Å². The van der Waals surface area contributed by atoms with Crippen LogP contribution in [0.4, 0.5) is 11.5 Å². The Balaban J connectivity index is 2.27. The smallest absolute Gasteiger partial charge is 0.340 e. The minimum Gasteiger partial charge on any atom is -0.465 e. The van der Waals surface area contributed by atoms with Crippen LogP contribution >= 0.6 is 0 Å². The fraction of sp³-hybridized carbons (Fsp3) is 0.571. The highest BCUT2D eigenvalue weighted by Crippen LogP contribution is 2.29. The highest BCUT2D eigenvalue weighted by molar-refractivity contribution is 5.97. The van der Waals surface area contributed by atoms with E-state index in [9.17, 15) is 4.79 Å². The molecule has 2 atom stereocenters. The first-order valence-electron chi connectivity index (χ1n) is 6.69. The number of pyridine rings is 1. The molecular formula is C14H21N3O3. The zero-order valence-electron chi connectivity index (χ0n) is 12.1. The molecule has 0 spiro atoms. The Hall–Kier alpha value is -1.82. The third-order valence-corrected chi connectivity index (χ3v) is 3.87. The SMILES string of the molecule is COC(=O)c1ccnc(N2CCC(C)C(OC)C2)c1N. The Morgan fingerprint density at radius 1 is 1.50 bits per heavy atom. The molecule has 0 bridgehead atoms. The normalized spacial score (nSPS) is 22.6. The monoisotopic (exact) mass is 279 g/mol. The van der Waals surface area contributed by atoms with Gasteiger partial charge >= 0.3 is 5.97 Å². The molecule has 2 heterocycles. The number of nitrogen functional groups attached to an aromatic ring is 1. The largest absolute Gasteiger partial charge is 0.465 e. The van der Waals surface area contributed by atoms with Crippen molar-refractivity contribution in [3.63, 3.8) is 0 Å². The molecule has 0 aliphatic carbocycles. The van der Waals surface area contributed by atoms with Crippen molar-refractivity contribution in [3.8, 4) is 0 Å². The number of esters is 1. The summed E-state index contributed by atoms with van der Waals surface area (Å²) in [4.78, 5) is 18.0. The summed E-state index contributed by atoms with van der Waals surface area (Å²) in [6.07, 6.45) is 2.73. The molecule has 0 radical (unpaired) electrons. The molecule has 1 aliphatic rings. The molecule has 1 aromatic heterocycles. The van der Waals surface area contributed by atoms with E-state index < -0.39 is 5.97 Å². The first-order valence-corrected chi connectivity index (χ1v) is 6.69. The lowest BCUT2D eigenvalue weighted by molar-refractivity contribution is 0.0497. The molecular weight excluding hydrogens is 258 g/mol. The molecule has 0 saturated carbocycles. The summed E-state index contributed by atoms with van der Waals surface area (Å²) in [6, 6.07) is 1.57. The quantitative estimate of drug-likeness (QED) is 0.841.